The van der Waals surface area contributed by atoms with Crippen LogP contribution in [0.25, 0.3) is 0 Å². The lowest BCUT2D eigenvalue weighted by atomic mass is 10.2. The SMILES string of the molecule is COc1ccc(Br)c(C(=O)NCc2snnc2C)c1. The second-order valence-electron chi connectivity index (χ2n) is 3.81. The van der Waals surface area contributed by atoms with E-state index >= 15 is 0 Å². The summed E-state index contributed by atoms with van der Waals surface area (Å²) in [4.78, 5) is 13.1. The fourth-order valence-electron chi connectivity index (χ4n) is 1.47. The molecule has 0 atom stereocenters. The Balaban J connectivity index is 2.10. The summed E-state index contributed by atoms with van der Waals surface area (Å²) in [5, 5.41) is 6.74. The number of halogens is 1. The van der Waals surface area contributed by atoms with Crippen molar-refractivity contribution in [1.29, 1.82) is 0 Å². The lowest BCUT2D eigenvalue weighted by molar-refractivity contribution is 0.0950. The van der Waals surface area contributed by atoms with Gasteiger partial charge in [-0.2, -0.15) is 0 Å². The van der Waals surface area contributed by atoms with Crippen molar-refractivity contribution in [3.63, 3.8) is 0 Å². The summed E-state index contributed by atoms with van der Waals surface area (Å²) in [7, 11) is 1.57. The van der Waals surface area contributed by atoms with Crippen molar-refractivity contribution in [3.8, 4) is 5.75 Å². The summed E-state index contributed by atoms with van der Waals surface area (Å²) in [5.74, 6) is 0.475. The summed E-state index contributed by atoms with van der Waals surface area (Å²) >= 11 is 4.64. The Hall–Kier alpha value is -1.47. The number of nitrogens with one attached hydrogen (secondary N) is 1. The van der Waals surface area contributed by atoms with Gasteiger partial charge >= 0.3 is 0 Å². The quantitative estimate of drug-likeness (QED) is 0.928. The molecule has 1 N–H and O–H groups in total. The third-order valence-electron chi connectivity index (χ3n) is 2.57. The highest BCUT2D eigenvalue weighted by Gasteiger charge is 2.12. The normalized spacial score (nSPS) is 10.3. The van der Waals surface area contributed by atoms with Gasteiger partial charge < -0.3 is 10.1 Å². The molecule has 0 aliphatic rings. The summed E-state index contributed by atoms with van der Waals surface area (Å²) in [6.45, 7) is 2.29. The minimum absolute atomic E-state index is 0.168. The fourth-order valence-corrected chi connectivity index (χ4v) is 2.47. The third-order valence-corrected chi connectivity index (χ3v) is 4.09. The Labute approximate surface area is 123 Å². The van der Waals surface area contributed by atoms with Crippen LogP contribution in [0.4, 0.5) is 0 Å². The lowest BCUT2D eigenvalue weighted by Gasteiger charge is -2.08. The van der Waals surface area contributed by atoms with Crippen LogP contribution in [0.3, 0.4) is 0 Å². The topological polar surface area (TPSA) is 64.1 Å². The predicted octanol–water partition coefficient (Wildman–Crippen LogP) is 2.55. The standard InChI is InChI=1S/C12H12BrN3O2S/c1-7-11(19-16-15-7)6-14-12(17)9-5-8(18-2)3-4-10(9)13/h3-5H,6H2,1-2H3,(H,14,17). The summed E-state index contributed by atoms with van der Waals surface area (Å²) < 4.78 is 9.67. The number of hydrogen-bond donors (Lipinski definition) is 1. The molecule has 0 fully saturated rings. The summed E-state index contributed by atoms with van der Waals surface area (Å²) in [6, 6.07) is 5.27. The second kappa shape index (κ2) is 6.12. The zero-order valence-electron chi connectivity index (χ0n) is 10.4. The van der Waals surface area contributed by atoms with Gasteiger partial charge in [-0.25, -0.2) is 0 Å². The van der Waals surface area contributed by atoms with Crippen LogP contribution in [0.1, 0.15) is 20.9 Å². The van der Waals surface area contributed by atoms with Crippen LogP contribution in [0, 0.1) is 6.92 Å². The zero-order chi connectivity index (χ0) is 13.8. The van der Waals surface area contributed by atoms with Gasteiger partial charge in [-0.05, 0) is 52.6 Å². The monoisotopic (exact) mass is 341 g/mol. The van der Waals surface area contributed by atoms with E-state index in [-0.39, 0.29) is 5.91 Å². The third kappa shape index (κ3) is 3.30. The van der Waals surface area contributed by atoms with E-state index in [0.29, 0.717) is 17.9 Å². The van der Waals surface area contributed by atoms with Gasteiger partial charge in [0.1, 0.15) is 5.75 Å². The second-order valence-corrected chi connectivity index (χ2v) is 5.50. The molecule has 1 amide bonds. The number of carbonyl (C=O) groups is 1. The molecule has 5 nitrogen and oxygen atoms in total. The molecule has 0 saturated carbocycles. The molecule has 0 spiro atoms. The molecule has 19 heavy (non-hydrogen) atoms. The van der Waals surface area contributed by atoms with E-state index in [0.717, 1.165) is 15.0 Å². The number of carbonyl (C=O) groups excluding carboxylic acids is 1. The molecule has 1 aromatic carbocycles. The highest BCUT2D eigenvalue weighted by molar-refractivity contribution is 9.10. The van der Waals surface area contributed by atoms with Crippen LogP contribution >= 0.6 is 27.5 Å². The smallest absolute Gasteiger partial charge is 0.252 e. The van der Waals surface area contributed by atoms with Gasteiger partial charge in [-0.1, -0.05) is 4.49 Å². The average molecular weight is 342 g/mol. The first-order valence-electron chi connectivity index (χ1n) is 5.51. The van der Waals surface area contributed by atoms with E-state index in [9.17, 15) is 4.79 Å². The highest BCUT2D eigenvalue weighted by atomic mass is 79.9. The van der Waals surface area contributed by atoms with E-state index < -0.39 is 0 Å². The van der Waals surface area contributed by atoms with Gasteiger partial charge in [0.15, 0.2) is 0 Å². The number of hydrogen-bond acceptors (Lipinski definition) is 5. The Morgan fingerprint density at radius 1 is 1.53 bits per heavy atom. The number of ether oxygens (including phenoxy) is 1. The number of methoxy groups -OCH3 is 1. The zero-order valence-corrected chi connectivity index (χ0v) is 12.8. The first kappa shape index (κ1) is 14.0. The number of aryl methyl sites for hydroxylation is 1. The minimum atomic E-state index is -0.168. The van der Waals surface area contributed by atoms with Gasteiger partial charge in [0.25, 0.3) is 5.91 Å². The highest BCUT2D eigenvalue weighted by Crippen LogP contribution is 2.22. The van der Waals surface area contributed by atoms with Crippen LogP contribution in [-0.2, 0) is 6.54 Å². The fraction of sp³-hybridized carbons (Fsp3) is 0.250. The molecule has 0 bridgehead atoms. The first-order valence-corrected chi connectivity index (χ1v) is 7.08. The lowest BCUT2D eigenvalue weighted by Crippen LogP contribution is -2.23. The van der Waals surface area contributed by atoms with Crippen molar-refractivity contribution in [1.82, 2.24) is 14.9 Å². The largest absolute Gasteiger partial charge is 0.497 e. The predicted molar refractivity (Wildman–Crippen MR) is 76.5 cm³/mol. The van der Waals surface area contributed by atoms with Crippen molar-refractivity contribution in [2.45, 2.75) is 13.5 Å². The molecule has 0 aliphatic carbocycles. The summed E-state index contributed by atoms with van der Waals surface area (Å²) in [6.07, 6.45) is 0. The number of aromatic nitrogens is 2. The van der Waals surface area contributed by atoms with Gasteiger partial charge in [0.2, 0.25) is 0 Å². The van der Waals surface area contributed by atoms with E-state index in [2.05, 4.69) is 30.8 Å². The molecule has 1 aromatic heterocycles. The molecular formula is C12H12BrN3O2S. The number of rotatable bonds is 4. The Morgan fingerprint density at radius 2 is 2.32 bits per heavy atom. The Kier molecular flexibility index (Phi) is 4.49. The maximum absolute atomic E-state index is 12.1. The van der Waals surface area contributed by atoms with Crippen LogP contribution in [0.2, 0.25) is 0 Å². The molecule has 2 rings (SSSR count). The molecule has 0 radical (unpaired) electrons. The van der Waals surface area contributed by atoms with Crippen molar-refractivity contribution in [2.75, 3.05) is 7.11 Å². The molecular weight excluding hydrogens is 330 g/mol. The van der Waals surface area contributed by atoms with Crippen LogP contribution < -0.4 is 10.1 Å². The maximum atomic E-state index is 12.1. The molecule has 100 valence electrons. The van der Waals surface area contributed by atoms with E-state index in [1.54, 1.807) is 25.3 Å². The molecule has 1 heterocycles. The van der Waals surface area contributed by atoms with Gasteiger partial charge in [-0.15, -0.1) is 5.10 Å². The average Bonchev–Trinajstić information content (AvgIpc) is 2.82. The number of nitrogens with zero attached hydrogens (tertiary/aromatic N) is 2. The number of benzene rings is 1. The van der Waals surface area contributed by atoms with Crippen molar-refractivity contribution in [2.24, 2.45) is 0 Å². The van der Waals surface area contributed by atoms with Crippen molar-refractivity contribution >= 4 is 33.4 Å². The molecule has 0 aliphatic heterocycles. The van der Waals surface area contributed by atoms with E-state index in [4.69, 9.17) is 4.74 Å². The molecule has 2 aromatic rings. The number of amides is 1. The van der Waals surface area contributed by atoms with E-state index in [1.165, 1.54) is 11.5 Å². The van der Waals surface area contributed by atoms with E-state index in [1.807, 2.05) is 6.92 Å². The van der Waals surface area contributed by atoms with Crippen LogP contribution in [0.15, 0.2) is 22.7 Å². The molecule has 0 saturated heterocycles. The molecule has 0 unspecified atom stereocenters. The minimum Gasteiger partial charge on any atom is -0.497 e. The van der Waals surface area contributed by atoms with Crippen LogP contribution in [0.5, 0.6) is 5.75 Å². The van der Waals surface area contributed by atoms with Gasteiger partial charge in [0, 0.05) is 4.47 Å². The molecule has 7 heteroatoms. The van der Waals surface area contributed by atoms with Crippen molar-refractivity contribution < 1.29 is 9.53 Å². The maximum Gasteiger partial charge on any atom is 0.252 e. The van der Waals surface area contributed by atoms with Gasteiger partial charge in [0.05, 0.1) is 29.8 Å². The summed E-state index contributed by atoms with van der Waals surface area (Å²) in [5.41, 5.74) is 1.38. The van der Waals surface area contributed by atoms with Gasteiger partial charge in [-0.3, -0.25) is 4.79 Å². The Morgan fingerprint density at radius 3 is 2.95 bits per heavy atom. The first-order chi connectivity index (χ1) is 9.11. The van der Waals surface area contributed by atoms with Crippen LogP contribution in [-0.4, -0.2) is 22.6 Å². The van der Waals surface area contributed by atoms with Crippen molar-refractivity contribution in [3.05, 3.63) is 38.8 Å². The Bertz CT molecular complexity index is 600.